The van der Waals surface area contributed by atoms with Gasteiger partial charge in [0, 0.05) is 12.1 Å². The first kappa shape index (κ1) is 12.4. The maximum absolute atomic E-state index is 6.20. The molecule has 0 amide bonds. The lowest BCUT2D eigenvalue weighted by Crippen LogP contribution is -2.03. The zero-order chi connectivity index (χ0) is 13.1. The molecule has 0 radical (unpaired) electrons. The number of nitrogen functional groups attached to an aromatic ring is 1. The van der Waals surface area contributed by atoms with Crippen LogP contribution in [0, 0.1) is 6.92 Å². The molecule has 2 N–H and O–H groups in total. The molecule has 0 fully saturated rings. The second-order valence-corrected chi connectivity index (χ2v) is 4.30. The highest BCUT2D eigenvalue weighted by atomic mass is 15.1. The van der Waals surface area contributed by atoms with E-state index in [0.29, 0.717) is 12.4 Å². The van der Waals surface area contributed by atoms with Gasteiger partial charge in [0.05, 0.1) is 0 Å². The molecule has 2 rings (SSSR count). The molecule has 0 spiro atoms. The molecule has 0 aliphatic rings. The van der Waals surface area contributed by atoms with E-state index < -0.39 is 0 Å². The lowest BCUT2D eigenvalue weighted by molar-refractivity contribution is 0.792. The van der Waals surface area contributed by atoms with Gasteiger partial charge in [0.1, 0.15) is 17.3 Å². The van der Waals surface area contributed by atoms with Crippen LogP contribution in [0.25, 0.3) is 11.3 Å². The molecule has 0 atom stereocenters. The number of benzene rings is 1. The van der Waals surface area contributed by atoms with Crippen molar-refractivity contribution in [3.63, 3.8) is 0 Å². The third-order valence-corrected chi connectivity index (χ3v) is 3.16. The topological polar surface area (TPSA) is 43.8 Å². The number of rotatable bonds is 4. The highest BCUT2D eigenvalue weighted by Crippen LogP contribution is 2.29. The third-order valence-electron chi connectivity index (χ3n) is 3.16. The molecule has 0 aliphatic carbocycles. The summed E-state index contributed by atoms with van der Waals surface area (Å²) in [5, 5.41) is 0. The Balaban J connectivity index is 2.57. The van der Waals surface area contributed by atoms with Crippen molar-refractivity contribution in [1.29, 1.82) is 0 Å². The quantitative estimate of drug-likeness (QED) is 0.835. The molecular formula is C15H19N3. The van der Waals surface area contributed by atoms with Gasteiger partial charge in [-0.3, -0.25) is 0 Å². The number of anilines is 1. The summed E-state index contributed by atoms with van der Waals surface area (Å²) in [4.78, 5) is 4.60. The number of hydrogen-bond donors (Lipinski definition) is 1. The van der Waals surface area contributed by atoms with E-state index in [-0.39, 0.29) is 0 Å². The molecule has 18 heavy (non-hydrogen) atoms. The Hall–Kier alpha value is -2.03. The van der Waals surface area contributed by atoms with Crippen molar-refractivity contribution in [3.8, 4) is 11.3 Å². The van der Waals surface area contributed by atoms with Crippen LogP contribution in [0.1, 0.15) is 18.3 Å². The van der Waals surface area contributed by atoms with Crippen LogP contribution in [0.4, 0.5) is 5.82 Å². The standard InChI is InChI=1S/C15H19N3/c1-4-10-18-11(3)17-14(15(18)16)13-9-7-6-8-12(13)5-2/h4,6-9H,1,5,10,16H2,2-3H3. The molecule has 0 saturated heterocycles. The zero-order valence-electron chi connectivity index (χ0n) is 11.0. The van der Waals surface area contributed by atoms with Crippen molar-refractivity contribution >= 4 is 5.82 Å². The van der Waals surface area contributed by atoms with E-state index in [1.807, 2.05) is 29.7 Å². The Bertz CT molecular complexity index is 567. The van der Waals surface area contributed by atoms with Gasteiger partial charge in [0.15, 0.2) is 0 Å². The summed E-state index contributed by atoms with van der Waals surface area (Å²) in [5.74, 6) is 1.64. The summed E-state index contributed by atoms with van der Waals surface area (Å²) in [5.41, 5.74) is 9.48. The fourth-order valence-corrected chi connectivity index (χ4v) is 2.20. The predicted octanol–water partition coefficient (Wildman–Crippen LogP) is 3.19. The normalized spacial score (nSPS) is 10.6. The Morgan fingerprint density at radius 3 is 2.78 bits per heavy atom. The summed E-state index contributed by atoms with van der Waals surface area (Å²) in [6, 6.07) is 8.27. The maximum Gasteiger partial charge on any atom is 0.132 e. The fourth-order valence-electron chi connectivity index (χ4n) is 2.20. The van der Waals surface area contributed by atoms with E-state index >= 15 is 0 Å². The van der Waals surface area contributed by atoms with Crippen molar-refractivity contribution in [2.45, 2.75) is 26.8 Å². The van der Waals surface area contributed by atoms with Crippen molar-refractivity contribution in [3.05, 3.63) is 48.3 Å². The lowest BCUT2D eigenvalue weighted by Gasteiger charge is -2.07. The minimum atomic E-state index is 0.693. The van der Waals surface area contributed by atoms with Crippen molar-refractivity contribution in [2.24, 2.45) is 0 Å². The summed E-state index contributed by atoms with van der Waals surface area (Å²) >= 11 is 0. The monoisotopic (exact) mass is 241 g/mol. The van der Waals surface area contributed by atoms with Gasteiger partial charge < -0.3 is 10.3 Å². The van der Waals surface area contributed by atoms with Gasteiger partial charge >= 0.3 is 0 Å². The van der Waals surface area contributed by atoms with Crippen LogP contribution in [0.3, 0.4) is 0 Å². The smallest absolute Gasteiger partial charge is 0.132 e. The maximum atomic E-state index is 6.20. The Morgan fingerprint density at radius 1 is 1.39 bits per heavy atom. The molecule has 0 aliphatic heterocycles. The van der Waals surface area contributed by atoms with Gasteiger partial charge in [-0.2, -0.15) is 0 Å². The van der Waals surface area contributed by atoms with Crippen LogP contribution >= 0.6 is 0 Å². The number of aromatic nitrogens is 2. The molecule has 0 unspecified atom stereocenters. The lowest BCUT2D eigenvalue weighted by atomic mass is 10.0. The average molecular weight is 241 g/mol. The molecule has 1 aromatic carbocycles. The van der Waals surface area contributed by atoms with Gasteiger partial charge in [-0.05, 0) is 18.9 Å². The van der Waals surface area contributed by atoms with Crippen LogP contribution in [-0.2, 0) is 13.0 Å². The van der Waals surface area contributed by atoms with Gasteiger partial charge in [-0.15, -0.1) is 6.58 Å². The molecule has 1 aromatic heterocycles. The van der Waals surface area contributed by atoms with Gasteiger partial charge in [0.25, 0.3) is 0 Å². The minimum absolute atomic E-state index is 0.693. The first-order valence-electron chi connectivity index (χ1n) is 6.20. The van der Waals surface area contributed by atoms with Crippen LogP contribution in [0.2, 0.25) is 0 Å². The number of nitrogens with zero attached hydrogens (tertiary/aromatic N) is 2. The summed E-state index contributed by atoms with van der Waals surface area (Å²) in [6.07, 6.45) is 2.81. The molecule has 3 nitrogen and oxygen atoms in total. The molecule has 0 saturated carbocycles. The fraction of sp³-hybridized carbons (Fsp3) is 0.267. The van der Waals surface area contributed by atoms with Gasteiger partial charge in [-0.25, -0.2) is 4.98 Å². The zero-order valence-corrected chi connectivity index (χ0v) is 11.0. The SMILES string of the molecule is C=CCn1c(C)nc(-c2ccccc2CC)c1N. The van der Waals surface area contributed by atoms with E-state index in [9.17, 15) is 0 Å². The van der Waals surface area contributed by atoms with Gasteiger partial charge in [0.2, 0.25) is 0 Å². The number of allylic oxidation sites excluding steroid dienone is 1. The van der Waals surface area contributed by atoms with Crippen molar-refractivity contribution < 1.29 is 0 Å². The summed E-state index contributed by atoms with van der Waals surface area (Å²) in [7, 11) is 0. The number of aryl methyl sites for hydroxylation is 2. The molecule has 94 valence electrons. The second-order valence-electron chi connectivity index (χ2n) is 4.30. The Kier molecular flexibility index (Phi) is 3.51. The largest absolute Gasteiger partial charge is 0.383 e. The predicted molar refractivity (Wildman–Crippen MR) is 76.4 cm³/mol. The van der Waals surface area contributed by atoms with Crippen LogP contribution in [0.5, 0.6) is 0 Å². The second kappa shape index (κ2) is 5.08. The molecular weight excluding hydrogens is 222 g/mol. The van der Waals surface area contributed by atoms with Gasteiger partial charge in [-0.1, -0.05) is 37.3 Å². The van der Waals surface area contributed by atoms with Crippen LogP contribution < -0.4 is 5.73 Å². The number of hydrogen-bond acceptors (Lipinski definition) is 2. The molecule has 1 heterocycles. The summed E-state index contributed by atoms with van der Waals surface area (Å²) < 4.78 is 1.98. The van der Waals surface area contributed by atoms with E-state index in [1.54, 1.807) is 0 Å². The Morgan fingerprint density at radius 2 is 2.11 bits per heavy atom. The molecule has 0 bridgehead atoms. The first-order valence-corrected chi connectivity index (χ1v) is 6.20. The first-order chi connectivity index (χ1) is 8.69. The van der Waals surface area contributed by atoms with E-state index in [4.69, 9.17) is 5.73 Å². The highest BCUT2D eigenvalue weighted by Gasteiger charge is 2.14. The average Bonchev–Trinajstić information content (AvgIpc) is 2.67. The highest BCUT2D eigenvalue weighted by molar-refractivity contribution is 5.73. The molecule has 2 aromatic rings. The molecule has 3 heteroatoms. The van der Waals surface area contributed by atoms with Crippen LogP contribution in [-0.4, -0.2) is 9.55 Å². The Labute approximate surface area is 108 Å². The summed E-state index contributed by atoms with van der Waals surface area (Å²) in [6.45, 7) is 8.55. The number of imidazole rings is 1. The van der Waals surface area contributed by atoms with Crippen molar-refractivity contribution in [1.82, 2.24) is 9.55 Å². The third kappa shape index (κ3) is 2.04. The van der Waals surface area contributed by atoms with E-state index in [0.717, 1.165) is 23.5 Å². The minimum Gasteiger partial charge on any atom is -0.383 e. The van der Waals surface area contributed by atoms with Crippen LogP contribution in [0.15, 0.2) is 36.9 Å². The van der Waals surface area contributed by atoms with E-state index in [2.05, 4.69) is 30.6 Å². The number of nitrogens with two attached hydrogens (primary N) is 1. The van der Waals surface area contributed by atoms with E-state index in [1.165, 1.54) is 5.56 Å². The van der Waals surface area contributed by atoms with Crippen molar-refractivity contribution in [2.75, 3.05) is 5.73 Å².